The molecule has 0 bridgehead atoms. The summed E-state index contributed by atoms with van der Waals surface area (Å²) in [6.45, 7) is 2.17. The topological polar surface area (TPSA) is 64.6 Å². The first-order valence-electron chi connectivity index (χ1n) is 12.3. The van der Waals surface area contributed by atoms with Crippen LogP contribution in [-0.2, 0) is 16.1 Å². The molecule has 5 nitrogen and oxygen atoms in total. The third kappa shape index (κ3) is 3.87. The van der Waals surface area contributed by atoms with E-state index in [1.165, 1.54) is 7.11 Å². The first-order valence-corrected chi connectivity index (χ1v) is 12.7. The number of nitrogens with one attached hydrogen (secondary N) is 1. The van der Waals surface area contributed by atoms with Gasteiger partial charge in [-0.3, -0.25) is 4.79 Å². The summed E-state index contributed by atoms with van der Waals surface area (Å²) in [6.07, 6.45) is 0. The van der Waals surface area contributed by atoms with E-state index in [1.807, 2.05) is 55.5 Å². The van der Waals surface area contributed by atoms with Crippen LogP contribution in [0.5, 0.6) is 5.75 Å². The second kappa shape index (κ2) is 9.51. The largest absolute Gasteiger partial charge is 0.487 e. The van der Waals surface area contributed by atoms with Gasteiger partial charge in [-0.05, 0) is 41.0 Å². The maximum absolute atomic E-state index is 13.6. The van der Waals surface area contributed by atoms with E-state index in [9.17, 15) is 9.59 Å². The summed E-state index contributed by atoms with van der Waals surface area (Å²) in [5, 5.41) is 5.95. The maximum Gasteiger partial charge on any atom is 0.336 e. The van der Waals surface area contributed by atoms with E-state index >= 15 is 0 Å². The fraction of sp³-hybridized carbons (Fsp3) is 0.125. The fourth-order valence-electron chi connectivity index (χ4n) is 5.43. The molecule has 0 fully saturated rings. The number of hydrogen-bond donors (Lipinski definition) is 1. The van der Waals surface area contributed by atoms with Crippen LogP contribution in [0.2, 0.25) is 5.02 Å². The minimum Gasteiger partial charge on any atom is -0.487 e. The molecule has 0 radical (unpaired) electrons. The van der Waals surface area contributed by atoms with E-state index in [0.29, 0.717) is 51.0 Å². The van der Waals surface area contributed by atoms with Crippen molar-refractivity contribution < 1.29 is 19.1 Å². The average Bonchev–Trinajstić information content (AvgIpc) is 3.22. The highest BCUT2D eigenvalue weighted by Gasteiger charge is 2.42. The molecule has 6 rings (SSSR count). The second-order valence-corrected chi connectivity index (χ2v) is 9.78. The lowest BCUT2D eigenvalue weighted by molar-refractivity contribution is -0.136. The number of carbonyl (C=O) groups excluding carboxylic acids is 2. The third-order valence-electron chi connectivity index (χ3n) is 7.21. The van der Waals surface area contributed by atoms with Crippen LogP contribution in [0.1, 0.15) is 39.9 Å². The summed E-state index contributed by atoms with van der Waals surface area (Å²) in [4.78, 5) is 26.5. The molecule has 1 aliphatic heterocycles. The summed E-state index contributed by atoms with van der Waals surface area (Å²) in [5.74, 6) is -0.729. The van der Waals surface area contributed by atoms with Crippen molar-refractivity contribution in [2.24, 2.45) is 0 Å². The molecule has 2 aliphatic rings. The van der Waals surface area contributed by atoms with Gasteiger partial charge in [0.15, 0.2) is 5.78 Å². The molecule has 1 atom stereocenters. The zero-order valence-electron chi connectivity index (χ0n) is 20.9. The SMILES string of the molecule is COC(=O)C1=C(C)NC2=C(C(=O)c3ccccc32)[C@H]1c1ccc(OCc2cccc3ccccc23)c(Cl)c1. The zero-order chi connectivity index (χ0) is 26.4. The minimum atomic E-state index is -0.636. The van der Waals surface area contributed by atoms with Crippen LogP contribution in [-0.4, -0.2) is 18.9 Å². The van der Waals surface area contributed by atoms with Crippen LogP contribution < -0.4 is 10.1 Å². The Labute approximate surface area is 225 Å². The number of fused-ring (bicyclic) bond motifs is 3. The van der Waals surface area contributed by atoms with E-state index in [2.05, 4.69) is 23.5 Å². The number of ether oxygens (including phenoxy) is 2. The Hall–Kier alpha value is -4.35. The van der Waals surface area contributed by atoms with Crippen molar-refractivity contribution >= 4 is 39.8 Å². The number of dihydropyridines is 1. The maximum atomic E-state index is 13.6. The highest BCUT2D eigenvalue weighted by atomic mass is 35.5. The first-order chi connectivity index (χ1) is 18.5. The van der Waals surface area contributed by atoms with Crippen molar-refractivity contribution in [1.29, 1.82) is 0 Å². The van der Waals surface area contributed by atoms with E-state index < -0.39 is 11.9 Å². The van der Waals surface area contributed by atoms with E-state index in [-0.39, 0.29) is 5.78 Å². The van der Waals surface area contributed by atoms with Gasteiger partial charge < -0.3 is 14.8 Å². The van der Waals surface area contributed by atoms with Crippen LogP contribution in [0.3, 0.4) is 0 Å². The lowest BCUT2D eigenvalue weighted by Crippen LogP contribution is -2.29. The number of carbonyl (C=O) groups is 2. The number of esters is 1. The van der Waals surface area contributed by atoms with Gasteiger partial charge in [0.05, 0.1) is 23.4 Å². The van der Waals surface area contributed by atoms with Crippen molar-refractivity contribution in [1.82, 2.24) is 5.32 Å². The molecule has 1 aliphatic carbocycles. The number of Topliss-reactive ketones (excluding diaryl/α,β-unsaturated/α-hetero) is 1. The summed E-state index contributed by atoms with van der Waals surface area (Å²) in [5.41, 5.74) is 5.44. The van der Waals surface area contributed by atoms with Gasteiger partial charge in [0, 0.05) is 28.3 Å². The first kappa shape index (κ1) is 24.0. The van der Waals surface area contributed by atoms with Gasteiger partial charge in [0.2, 0.25) is 0 Å². The molecule has 6 heteroatoms. The predicted molar refractivity (Wildman–Crippen MR) is 148 cm³/mol. The highest BCUT2D eigenvalue weighted by molar-refractivity contribution is 6.32. The number of benzene rings is 4. The third-order valence-corrected chi connectivity index (χ3v) is 7.50. The molecule has 4 aromatic carbocycles. The second-order valence-electron chi connectivity index (χ2n) is 9.37. The Morgan fingerprint density at radius 3 is 2.47 bits per heavy atom. The van der Waals surface area contributed by atoms with Gasteiger partial charge in [-0.25, -0.2) is 4.79 Å². The van der Waals surface area contributed by atoms with Gasteiger partial charge in [0.25, 0.3) is 0 Å². The number of hydrogen-bond acceptors (Lipinski definition) is 5. The van der Waals surface area contributed by atoms with Gasteiger partial charge in [-0.1, -0.05) is 84.4 Å². The van der Waals surface area contributed by atoms with Crippen LogP contribution in [0.4, 0.5) is 0 Å². The standard InChI is InChI=1S/C32H24ClNO4/c1-18-27(32(36)37-2)28(29-30(34-18)23-12-5-6-13-24(23)31(29)35)20-14-15-26(25(33)16-20)38-17-21-10-7-9-19-8-3-4-11-22(19)21/h3-16,28,34H,17H2,1-2H3/t28-/m0/s1. The molecule has 0 aromatic heterocycles. The molecule has 38 heavy (non-hydrogen) atoms. The molecule has 1 N–H and O–H groups in total. The molecule has 0 amide bonds. The fourth-order valence-corrected chi connectivity index (χ4v) is 5.67. The minimum absolute atomic E-state index is 0.116. The number of allylic oxidation sites excluding steroid dienone is 2. The van der Waals surface area contributed by atoms with Crippen LogP contribution in [0.25, 0.3) is 16.5 Å². The molecule has 188 valence electrons. The van der Waals surface area contributed by atoms with Crippen LogP contribution >= 0.6 is 11.6 Å². The summed E-state index contributed by atoms with van der Waals surface area (Å²) >= 11 is 6.73. The number of methoxy groups -OCH3 is 1. The van der Waals surface area contributed by atoms with Gasteiger partial charge >= 0.3 is 5.97 Å². The Balaban J connectivity index is 1.37. The lowest BCUT2D eigenvalue weighted by Gasteiger charge is -2.29. The molecular weight excluding hydrogens is 498 g/mol. The van der Waals surface area contributed by atoms with Crippen LogP contribution in [0.15, 0.2) is 102 Å². The van der Waals surface area contributed by atoms with Crippen molar-refractivity contribution in [3.8, 4) is 5.75 Å². The van der Waals surface area contributed by atoms with E-state index in [4.69, 9.17) is 21.1 Å². The molecule has 4 aromatic rings. The number of halogens is 1. The van der Waals surface area contributed by atoms with Crippen molar-refractivity contribution in [3.05, 3.63) is 129 Å². The Morgan fingerprint density at radius 2 is 1.68 bits per heavy atom. The molecule has 0 spiro atoms. The Kier molecular flexibility index (Phi) is 6.01. The predicted octanol–water partition coefficient (Wildman–Crippen LogP) is 6.81. The molecule has 0 saturated carbocycles. The smallest absolute Gasteiger partial charge is 0.336 e. The highest BCUT2D eigenvalue weighted by Crippen LogP contribution is 2.47. The van der Waals surface area contributed by atoms with E-state index in [0.717, 1.165) is 21.9 Å². The summed E-state index contributed by atoms with van der Waals surface area (Å²) in [7, 11) is 1.34. The summed E-state index contributed by atoms with van der Waals surface area (Å²) < 4.78 is 11.2. The normalized spacial score (nSPS) is 16.3. The number of rotatable bonds is 5. The molecule has 1 heterocycles. The Morgan fingerprint density at radius 1 is 0.947 bits per heavy atom. The van der Waals surface area contributed by atoms with Crippen molar-refractivity contribution in [2.45, 2.75) is 19.4 Å². The van der Waals surface area contributed by atoms with Gasteiger partial charge in [0.1, 0.15) is 12.4 Å². The molecule has 0 saturated heterocycles. The van der Waals surface area contributed by atoms with Gasteiger partial charge in [-0.15, -0.1) is 0 Å². The molecule has 0 unspecified atom stereocenters. The van der Waals surface area contributed by atoms with Gasteiger partial charge in [-0.2, -0.15) is 0 Å². The average molecular weight is 522 g/mol. The van der Waals surface area contributed by atoms with Crippen LogP contribution in [0, 0.1) is 0 Å². The summed E-state index contributed by atoms with van der Waals surface area (Å²) in [6, 6.07) is 27.1. The zero-order valence-corrected chi connectivity index (χ0v) is 21.6. The lowest BCUT2D eigenvalue weighted by atomic mass is 9.80. The Bertz CT molecular complexity index is 1700. The quantitative estimate of drug-likeness (QED) is 0.292. The van der Waals surface area contributed by atoms with Crippen molar-refractivity contribution in [3.63, 3.8) is 0 Å². The monoisotopic (exact) mass is 521 g/mol. The van der Waals surface area contributed by atoms with E-state index in [1.54, 1.807) is 18.2 Å². The number of ketones is 1. The van der Waals surface area contributed by atoms with Crippen molar-refractivity contribution in [2.75, 3.05) is 7.11 Å². The molecular formula is C32H24ClNO4.